The van der Waals surface area contributed by atoms with Crippen LogP contribution in [-0.4, -0.2) is 20.8 Å². The summed E-state index contributed by atoms with van der Waals surface area (Å²) < 4.78 is 31.7. The molecular formula is C14H18N2O3S2. The van der Waals surface area contributed by atoms with Gasteiger partial charge in [-0.15, -0.1) is 0 Å². The lowest BCUT2D eigenvalue weighted by atomic mass is 10.2. The third kappa shape index (κ3) is 5.04. The minimum atomic E-state index is -3.35. The number of thiophene rings is 1. The smallest absolute Gasteiger partial charge is 0.215 e. The van der Waals surface area contributed by atoms with Crippen LogP contribution in [0.25, 0.3) is 0 Å². The first kappa shape index (κ1) is 15.8. The number of rotatable bonds is 7. The number of nitrogen functional groups attached to an aromatic ring is 1. The van der Waals surface area contributed by atoms with E-state index >= 15 is 0 Å². The van der Waals surface area contributed by atoms with Gasteiger partial charge in [-0.3, -0.25) is 0 Å². The van der Waals surface area contributed by atoms with Crippen LogP contribution in [0.3, 0.4) is 0 Å². The number of sulfonamides is 1. The summed E-state index contributed by atoms with van der Waals surface area (Å²) in [5.41, 5.74) is 8.30. The molecule has 0 bridgehead atoms. The highest BCUT2D eigenvalue weighted by atomic mass is 32.2. The average molecular weight is 326 g/mol. The molecule has 0 aliphatic rings. The molecule has 1 aromatic carbocycles. The van der Waals surface area contributed by atoms with Crippen LogP contribution in [0.15, 0.2) is 35.0 Å². The lowest BCUT2D eigenvalue weighted by Gasteiger charge is -2.08. The number of benzene rings is 1. The van der Waals surface area contributed by atoms with Gasteiger partial charge in [0.1, 0.15) is 12.4 Å². The van der Waals surface area contributed by atoms with E-state index in [1.807, 2.05) is 17.7 Å². The number of hydrogen-bond acceptors (Lipinski definition) is 5. The summed E-state index contributed by atoms with van der Waals surface area (Å²) in [6, 6.07) is 6.84. The number of anilines is 1. The summed E-state index contributed by atoms with van der Waals surface area (Å²) in [4.78, 5) is 0. The standard InChI is InChI=1S/C14H18N2O3S2/c1-11-9-20-10-12(11)8-16-21(17,18)7-6-19-14-4-2-13(15)3-5-14/h2-5,9-10,16H,6-8,15H2,1H3. The van der Waals surface area contributed by atoms with Gasteiger partial charge in [-0.05, 0) is 53.1 Å². The van der Waals surface area contributed by atoms with E-state index in [0.29, 0.717) is 18.0 Å². The van der Waals surface area contributed by atoms with Gasteiger partial charge in [-0.25, -0.2) is 13.1 Å². The minimum Gasteiger partial charge on any atom is -0.492 e. The molecule has 0 spiro atoms. The molecule has 0 radical (unpaired) electrons. The quantitative estimate of drug-likeness (QED) is 0.764. The Labute approximate surface area is 128 Å². The number of ether oxygens (including phenoxy) is 1. The van der Waals surface area contributed by atoms with E-state index in [4.69, 9.17) is 10.5 Å². The van der Waals surface area contributed by atoms with E-state index in [1.54, 1.807) is 35.6 Å². The molecule has 0 unspecified atom stereocenters. The largest absolute Gasteiger partial charge is 0.492 e. The van der Waals surface area contributed by atoms with E-state index in [-0.39, 0.29) is 12.4 Å². The predicted molar refractivity (Wildman–Crippen MR) is 86.0 cm³/mol. The number of nitrogens with two attached hydrogens (primary N) is 1. The topological polar surface area (TPSA) is 81.4 Å². The van der Waals surface area contributed by atoms with Crippen LogP contribution in [0.2, 0.25) is 0 Å². The Balaban J connectivity index is 1.78. The maximum atomic E-state index is 11.9. The molecule has 0 atom stereocenters. The first-order valence-corrected chi connectivity index (χ1v) is 9.03. The molecule has 2 rings (SSSR count). The van der Waals surface area contributed by atoms with Crippen LogP contribution in [0.4, 0.5) is 5.69 Å². The summed E-state index contributed by atoms with van der Waals surface area (Å²) >= 11 is 1.56. The number of aryl methyl sites for hydroxylation is 1. The summed E-state index contributed by atoms with van der Waals surface area (Å²) in [7, 11) is -3.35. The van der Waals surface area contributed by atoms with Crippen LogP contribution in [-0.2, 0) is 16.6 Å². The second-order valence-corrected chi connectivity index (χ2v) is 7.31. The molecule has 7 heteroatoms. The fraction of sp³-hybridized carbons (Fsp3) is 0.286. The van der Waals surface area contributed by atoms with Crippen molar-refractivity contribution in [3.63, 3.8) is 0 Å². The summed E-state index contributed by atoms with van der Waals surface area (Å²) in [5.74, 6) is 0.522. The van der Waals surface area contributed by atoms with Crippen LogP contribution < -0.4 is 15.2 Å². The maximum Gasteiger partial charge on any atom is 0.215 e. The lowest BCUT2D eigenvalue weighted by Crippen LogP contribution is -2.28. The highest BCUT2D eigenvalue weighted by molar-refractivity contribution is 7.89. The lowest BCUT2D eigenvalue weighted by molar-refractivity contribution is 0.340. The van der Waals surface area contributed by atoms with Crippen LogP contribution >= 0.6 is 11.3 Å². The van der Waals surface area contributed by atoms with Gasteiger partial charge in [0.25, 0.3) is 0 Å². The molecular weight excluding hydrogens is 308 g/mol. The Hall–Kier alpha value is -1.57. The predicted octanol–water partition coefficient (Wildman–Crippen LogP) is 2.14. The Kier molecular flexibility index (Phi) is 5.22. The number of hydrogen-bond donors (Lipinski definition) is 2. The van der Waals surface area contributed by atoms with Gasteiger partial charge >= 0.3 is 0 Å². The second-order valence-electron chi connectivity index (χ2n) is 4.64. The van der Waals surface area contributed by atoms with E-state index in [0.717, 1.165) is 11.1 Å². The van der Waals surface area contributed by atoms with Crippen LogP contribution in [0.5, 0.6) is 5.75 Å². The van der Waals surface area contributed by atoms with Crippen molar-refractivity contribution in [2.45, 2.75) is 13.5 Å². The molecule has 0 aliphatic heterocycles. The van der Waals surface area contributed by atoms with Crippen molar-refractivity contribution < 1.29 is 13.2 Å². The van der Waals surface area contributed by atoms with Crippen LogP contribution in [0, 0.1) is 6.92 Å². The van der Waals surface area contributed by atoms with Crippen molar-refractivity contribution in [2.24, 2.45) is 0 Å². The molecule has 21 heavy (non-hydrogen) atoms. The molecule has 1 heterocycles. The Morgan fingerprint density at radius 1 is 1.24 bits per heavy atom. The molecule has 0 aliphatic carbocycles. The average Bonchev–Trinajstić information content (AvgIpc) is 2.84. The monoisotopic (exact) mass is 326 g/mol. The van der Waals surface area contributed by atoms with E-state index in [2.05, 4.69) is 4.72 Å². The zero-order valence-corrected chi connectivity index (χ0v) is 13.3. The zero-order valence-electron chi connectivity index (χ0n) is 11.7. The van der Waals surface area contributed by atoms with Crippen molar-refractivity contribution in [1.82, 2.24) is 4.72 Å². The summed E-state index contributed by atoms with van der Waals surface area (Å²) in [6.07, 6.45) is 0. The third-order valence-electron chi connectivity index (χ3n) is 2.95. The van der Waals surface area contributed by atoms with E-state index in [1.165, 1.54) is 0 Å². The number of nitrogens with one attached hydrogen (secondary N) is 1. The highest BCUT2D eigenvalue weighted by Crippen LogP contribution is 2.14. The normalized spacial score (nSPS) is 11.5. The fourth-order valence-corrected chi connectivity index (χ4v) is 3.34. The molecule has 1 aromatic heterocycles. The molecule has 2 aromatic rings. The SMILES string of the molecule is Cc1cscc1CNS(=O)(=O)CCOc1ccc(N)cc1. The zero-order chi connectivity index (χ0) is 15.3. The van der Waals surface area contributed by atoms with Crippen molar-refractivity contribution >= 4 is 27.0 Å². The van der Waals surface area contributed by atoms with Gasteiger partial charge in [0.05, 0.1) is 5.75 Å². The second kappa shape index (κ2) is 6.93. The minimum absolute atomic E-state index is 0.0828. The molecule has 114 valence electrons. The Morgan fingerprint density at radius 2 is 1.95 bits per heavy atom. The van der Waals surface area contributed by atoms with Gasteiger partial charge in [0, 0.05) is 12.2 Å². The van der Waals surface area contributed by atoms with Crippen molar-refractivity contribution in [3.05, 3.63) is 46.2 Å². The van der Waals surface area contributed by atoms with Crippen LogP contribution in [0.1, 0.15) is 11.1 Å². The van der Waals surface area contributed by atoms with Crippen molar-refractivity contribution in [3.8, 4) is 5.75 Å². The van der Waals surface area contributed by atoms with Gasteiger partial charge < -0.3 is 10.5 Å². The molecule has 0 amide bonds. The summed E-state index contributed by atoms with van der Waals surface area (Å²) in [5, 5.41) is 3.94. The van der Waals surface area contributed by atoms with Gasteiger partial charge in [-0.2, -0.15) is 11.3 Å². The highest BCUT2D eigenvalue weighted by Gasteiger charge is 2.11. The fourth-order valence-electron chi connectivity index (χ4n) is 1.66. The van der Waals surface area contributed by atoms with Gasteiger partial charge in [0.15, 0.2) is 0 Å². The molecule has 5 nitrogen and oxygen atoms in total. The van der Waals surface area contributed by atoms with Gasteiger partial charge in [-0.1, -0.05) is 0 Å². The van der Waals surface area contributed by atoms with Crippen molar-refractivity contribution in [2.75, 3.05) is 18.1 Å². The van der Waals surface area contributed by atoms with Crippen molar-refractivity contribution in [1.29, 1.82) is 0 Å². The summed E-state index contributed by atoms with van der Waals surface area (Å²) in [6.45, 7) is 2.38. The molecule has 0 saturated carbocycles. The van der Waals surface area contributed by atoms with E-state index in [9.17, 15) is 8.42 Å². The first-order chi connectivity index (χ1) is 9.96. The Morgan fingerprint density at radius 3 is 2.57 bits per heavy atom. The maximum absolute atomic E-state index is 11.9. The van der Waals surface area contributed by atoms with E-state index < -0.39 is 10.0 Å². The molecule has 0 saturated heterocycles. The molecule has 3 N–H and O–H groups in total. The Bertz CT molecular complexity index is 678. The first-order valence-electron chi connectivity index (χ1n) is 6.43. The van der Waals surface area contributed by atoms with Gasteiger partial charge in [0.2, 0.25) is 10.0 Å². The third-order valence-corrected chi connectivity index (χ3v) is 5.14. The molecule has 0 fully saturated rings.